The van der Waals surface area contributed by atoms with Gasteiger partial charge in [0.2, 0.25) is 5.95 Å². The summed E-state index contributed by atoms with van der Waals surface area (Å²) < 4.78 is 62.5. The number of ether oxygens (including phenoxy) is 1. The number of hydrogen-bond acceptors (Lipinski definition) is 9. The number of anilines is 4. The van der Waals surface area contributed by atoms with Crippen LogP contribution in [0.25, 0.3) is 11.1 Å². The van der Waals surface area contributed by atoms with Gasteiger partial charge in [-0.3, -0.25) is 9.48 Å². The summed E-state index contributed by atoms with van der Waals surface area (Å²) in [5, 5.41) is 21.5. The van der Waals surface area contributed by atoms with Crippen LogP contribution in [0.1, 0.15) is 47.7 Å². The molecule has 0 radical (unpaired) electrons. The van der Waals surface area contributed by atoms with Crippen LogP contribution in [0.2, 0.25) is 0 Å². The molecule has 0 aliphatic heterocycles. The minimum atomic E-state index is -4.80. The van der Waals surface area contributed by atoms with Crippen LogP contribution in [-0.2, 0) is 23.4 Å². The number of aromatic nitrogens is 4. The molecule has 1 amide bonds. The maximum absolute atomic E-state index is 14.1. The zero-order valence-electron chi connectivity index (χ0n) is 26.1. The molecule has 0 aliphatic carbocycles. The Balaban J connectivity index is 1.66. The number of halogens is 4. The van der Waals surface area contributed by atoms with E-state index in [4.69, 9.17) is 9.84 Å². The quantitative estimate of drug-likeness (QED) is 0.0708. The van der Waals surface area contributed by atoms with Gasteiger partial charge < -0.3 is 30.4 Å². The van der Waals surface area contributed by atoms with Crippen molar-refractivity contribution in [3.63, 3.8) is 0 Å². The molecule has 1 atom stereocenters. The number of aliphatic hydroxyl groups is 1. The highest BCUT2D eigenvalue weighted by molar-refractivity contribution is 14.2. The second-order valence-corrected chi connectivity index (χ2v) is 18.3. The fourth-order valence-electron chi connectivity index (χ4n) is 4.70. The molecule has 2 heterocycles. The third-order valence-corrected chi connectivity index (χ3v) is 11.4. The van der Waals surface area contributed by atoms with Crippen molar-refractivity contribution in [1.29, 1.82) is 0 Å². The lowest BCUT2D eigenvalue weighted by Crippen LogP contribution is -2.20. The number of hydrogen-bond donors (Lipinski definition) is 4. The van der Waals surface area contributed by atoms with Crippen LogP contribution in [0.3, 0.4) is 0 Å². The van der Waals surface area contributed by atoms with E-state index < -0.39 is 28.2 Å². The van der Waals surface area contributed by atoms with E-state index in [0.29, 0.717) is 54.1 Å². The highest BCUT2D eigenvalue weighted by Crippen LogP contribution is 2.58. The number of nitrogens with zero attached hydrogens (tertiary/aromatic N) is 4. The second kappa shape index (κ2) is 15.9. The van der Waals surface area contributed by atoms with Gasteiger partial charge in [-0.2, -0.15) is 23.3 Å². The summed E-state index contributed by atoms with van der Waals surface area (Å²) in [5.41, 5.74) is 1.54. The zero-order chi connectivity index (χ0) is 34.2. The summed E-state index contributed by atoms with van der Waals surface area (Å²) in [7, 11) is 2.87. The Labute approximate surface area is 283 Å². The molecule has 0 saturated carbocycles. The summed E-state index contributed by atoms with van der Waals surface area (Å²) in [6.07, 6.45) is 2.55. The summed E-state index contributed by atoms with van der Waals surface area (Å²) in [5.74, 6) is -0.868. The molecule has 2 aromatic carbocycles. The predicted molar refractivity (Wildman–Crippen MR) is 184 cm³/mol. The number of methoxy groups -OCH3 is 1. The van der Waals surface area contributed by atoms with Crippen molar-refractivity contribution in [1.82, 2.24) is 25.1 Å². The van der Waals surface area contributed by atoms with E-state index in [1.54, 1.807) is 47.4 Å². The van der Waals surface area contributed by atoms with Gasteiger partial charge in [-0.1, -0.05) is 25.5 Å². The van der Waals surface area contributed by atoms with Gasteiger partial charge >= 0.3 is 6.18 Å². The van der Waals surface area contributed by atoms with Crippen molar-refractivity contribution in [2.24, 2.45) is 0 Å². The minimum Gasteiger partial charge on any atom is -0.495 e. The maximum Gasteiger partial charge on any atom is 0.421 e. The molecule has 4 rings (SSSR count). The number of alkyl halides is 3. The van der Waals surface area contributed by atoms with E-state index in [0.717, 1.165) is 18.4 Å². The molecule has 4 aromatic rings. The predicted octanol–water partition coefficient (Wildman–Crippen LogP) is 7.61. The third-order valence-electron chi connectivity index (χ3n) is 7.13. The van der Waals surface area contributed by atoms with E-state index in [-0.39, 0.29) is 23.8 Å². The minimum absolute atomic E-state index is 0.0123. The normalized spacial score (nSPS) is 12.8. The molecule has 16 heteroatoms. The largest absolute Gasteiger partial charge is 0.495 e. The molecular weight excluding hydrogens is 749 g/mol. The van der Waals surface area contributed by atoms with Gasteiger partial charge in [0.05, 0.1) is 30.2 Å². The monoisotopic (exact) mass is 785 g/mol. The number of aliphatic hydroxyl groups excluding tert-OH is 1. The average Bonchev–Trinajstić information content (AvgIpc) is 3.51. The topological polar surface area (TPSA) is 143 Å². The Morgan fingerprint density at radius 3 is 2.53 bits per heavy atom. The van der Waals surface area contributed by atoms with Crippen molar-refractivity contribution >= 4 is 55.9 Å². The Morgan fingerprint density at radius 1 is 1.09 bits per heavy atom. The van der Waals surface area contributed by atoms with Crippen molar-refractivity contribution < 1.29 is 32.4 Å². The first-order chi connectivity index (χ1) is 22.4. The molecular formula is C31H36F3IN7O4P. The lowest BCUT2D eigenvalue weighted by molar-refractivity contribution is -0.137. The first kappa shape index (κ1) is 36.2. The fourth-order valence-corrected chi connectivity index (χ4v) is 8.59. The highest BCUT2D eigenvalue weighted by atomic mass is 127. The smallest absolute Gasteiger partial charge is 0.421 e. The van der Waals surface area contributed by atoms with Gasteiger partial charge in [-0.05, 0) is 70.3 Å². The standard InChI is InChI=1S/C31H36F3IN7O4P/c1-4-5-13-47(35,45)19-20-7-9-26(27(14-20)46-3)40-30-37-17-24(31(32,33)34)28(41-30)39-25-10-8-21(15-23(25)29(44)36-2)22-16-38-42(18-22)11-6-12-43/h7-10,14-18,43H,4-6,11-13,19H2,1-3H3,(H,36,44)(H2,37,39,40,41). The van der Waals surface area contributed by atoms with Gasteiger partial charge in [-0.25, -0.2) is 4.98 Å². The molecule has 2 aromatic heterocycles. The number of amides is 1. The number of aryl methyl sites for hydroxylation is 1. The van der Waals surface area contributed by atoms with Gasteiger partial charge in [-0.15, -0.1) is 0 Å². The van der Waals surface area contributed by atoms with Crippen molar-refractivity contribution in [2.75, 3.05) is 37.6 Å². The van der Waals surface area contributed by atoms with E-state index in [2.05, 4.69) is 31.0 Å². The first-order valence-corrected chi connectivity index (χ1v) is 19.7. The zero-order valence-corrected chi connectivity index (χ0v) is 29.1. The number of rotatable bonds is 15. The van der Waals surface area contributed by atoms with Crippen LogP contribution in [-0.4, -0.2) is 57.7 Å². The lowest BCUT2D eigenvalue weighted by Gasteiger charge is -2.18. The number of nitrogens with one attached hydrogen (secondary N) is 3. The highest BCUT2D eigenvalue weighted by Gasteiger charge is 2.36. The Morgan fingerprint density at radius 2 is 1.85 bits per heavy atom. The van der Waals surface area contributed by atoms with Crippen LogP contribution in [0, 0.1) is 0 Å². The van der Waals surface area contributed by atoms with E-state index in [1.807, 2.05) is 29.0 Å². The molecule has 0 saturated heterocycles. The van der Waals surface area contributed by atoms with E-state index >= 15 is 0 Å². The summed E-state index contributed by atoms with van der Waals surface area (Å²) in [6, 6.07) is 9.88. The number of benzene rings is 2. The van der Waals surface area contributed by atoms with Gasteiger partial charge in [0.15, 0.2) is 0 Å². The maximum atomic E-state index is 14.1. The first-order valence-electron chi connectivity index (χ1n) is 14.8. The molecule has 4 N–H and O–H groups in total. The van der Waals surface area contributed by atoms with Crippen LogP contribution in [0.5, 0.6) is 5.75 Å². The van der Waals surface area contributed by atoms with E-state index in [9.17, 15) is 22.5 Å². The Bertz CT molecular complexity index is 1750. The molecule has 0 bridgehead atoms. The lowest BCUT2D eigenvalue weighted by atomic mass is 10.0. The molecule has 0 fully saturated rings. The van der Waals surface area contributed by atoms with Gasteiger partial charge in [0, 0.05) is 50.5 Å². The summed E-state index contributed by atoms with van der Waals surface area (Å²) in [4.78, 5) is 18.5. The SMILES string of the molecule is CCCCP(=O)(I)Cc1ccc(Nc2ncc(C(F)(F)F)c(Nc3ccc(-c4cnn(CCCO)c4)cc3C(=O)NC)n2)c(OC)c1. The Hall–Kier alpha value is -3.69. The van der Waals surface area contributed by atoms with Crippen LogP contribution >= 0.6 is 26.8 Å². The molecule has 47 heavy (non-hydrogen) atoms. The molecule has 1 unspecified atom stereocenters. The van der Waals surface area contributed by atoms with Crippen LogP contribution in [0.4, 0.5) is 36.3 Å². The fraction of sp³-hybridized carbons (Fsp3) is 0.355. The molecule has 252 valence electrons. The summed E-state index contributed by atoms with van der Waals surface area (Å²) in [6.45, 7) is 2.55. The number of unbranched alkanes of at least 4 members (excludes halogenated alkanes) is 1. The van der Waals surface area contributed by atoms with Gasteiger partial charge in [0.25, 0.3) is 5.91 Å². The third kappa shape index (κ3) is 9.67. The van der Waals surface area contributed by atoms with Crippen molar-refractivity contribution in [3.8, 4) is 16.9 Å². The number of carbonyl (C=O) groups is 1. The Kier molecular flexibility index (Phi) is 12.3. The van der Waals surface area contributed by atoms with Crippen LogP contribution in [0.15, 0.2) is 55.0 Å². The molecule has 0 spiro atoms. The van der Waals surface area contributed by atoms with Gasteiger partial charge in [0.1, 0.15) is 21.9 Å². The second-order valence-electron chi connectivity index (χ2n) is 10.7. The molecule has 11 nitrogen and oxygen atoms in total. The van der Waals surface area contributed by atoms with E-state index in [1.165, 1.54) is 20.2 Å². The summed E-state index contributed by atoms with van der Waals surface area (Å²) >= 11 is 2.04. The molecule has 0 aliphatic rings. The average molecular weight is 786 g/mol. The van der Waals surface area contributed by atoms with Crippen molar-refractivity contribution in [2.45, 2.75) is 45.1 Å². The number of carbonyl (C=O) groups excluding carboxylic acids is 1. The van der Waals surface area contributed by atoms with Crippen LogP contribution < -0.4 is 20.7 Å². The van der Waals surface area contributed by atoms with Crippen molar-refractivity contribution in [3.05, 3.63) is 71.7 Å².